The molecule has 0 N–H and O–H groups in total. The zero-order valence-corrected chi connectivity index (χ0v) is 38.1. The van der Waals surface area contributed by atoms with Crippen molar-refractivity contribution in [2.75, 3.05) is 9.80 Å². The molecule has 1 aromatic heterocycles. The second-order valence-electron chi connectivity index (χ2n) is 18.8. The molecule has 2 nitrogen and oxygen atoms in total. The molecule has 1 spiro atoms. The lowest BCUT2D eigenvalue weighted by Gasteiger charge is -2.45. The quantitative estimate of drug-likeness (QED) is 0.170. The average molecular weight is 873 g/mol. The summed E-state index contributed by atoms with van der Waals surface area (Å²) in [6, 6.07) is 86.2. The highest BCUT2D eigenvalue weighted by atomic mass is 32.1. The molecule has 0 bridgehead atoms. The summed E-state index contributed by atoms with van der Waals surface area (Å²) in [5.74, 6) is 0. The average Bonchev–Trinajstić information content (AvgIpc) is 3.98. The first-order valence-electron chi connectivity index (χ1n) is 23.3. The van der Waals surface area contributed by atoms with E-state index in [9.17, 15) is 0 Å². The van der Waals surface area contributed by atoms with Gasteiger partial charge < -0.3 is 9.80 Å². The lowest BCUT2D eigenvalue weighted by molar-refractivity contribution is 0.660. The van der Waals surface area contributed by atoms with Gasteiger partial charge in [-0.3, -0.25) is 0 Å². The summed E-state index contributed by atoms with van der Waals surface area (Å²) in [5.41, 5.74) is 21.9. The van der Waals surface area contributed by atoms with E-state index < -0.39 is 5.41 Å². The van der Waals surface area contributed by atoms with Gasteiger partial charge >= 0.3 is 0 Å². The molecule has 0 fully saturated rings. The first-order valence-corrected chi connectivity index (χ1v) is 24.2. The summed E-state index contributed by atoms with van der Waals surface area (Å²) in [4.78, 5) is 4.93. The highest BCUT2D eigenvalue weighted by Crippen LogP contribution is 2.64. The van der Waals surface area contributed by atoms with Crippen LogP contribution < -0.4 is 9.80 Å². The highest BCUT2D eigenvalue weighted by Gasteiger charge is 2.51. The van der Waals surface area contributed by atoms with Crippen LogP contribution in [0.25, 0.3) is 53.6 Å². The third kappa shape index (κ3) is 5.32. The fourth-order valence-electron chi connectivity index (χ4n) is 12.1. The number of hydrogen-bond acceptors (Lipinski definition) is 3. The van der Waals surface area contributed by atoms with E-state index in [1.54, 1.807) is 0 Å². The van der Waals surface area contributed by atoms with Crippen LogP contribution in [-0.2, 0) is 10.8 Å². The third-order valence-corrected chi connectivity index (χ3v) is 16.3. The number of hydrogen-bond donors (Lipinski definition) is 0. The van der Waals surface area contributed by atoms with Crippen molar-refractivity contribution in [1.82, 2.24) is 0 Å². The molecule has 3 aliphatic rings. The van der Waals surface area contributed by atoms with Crippen LogP contribution in [0.4, 0.5) is 34.1 Å². The first-order chi connectivity index (χ1) is 33.0. The summed E-state index contributed by atoms with van der Waals surface area (Å²) in [6.07, 6.45) is 0. The molecule has 11 aromatic rings. The monoisotopic (exact) mass is 872 g/mol. The lowest BCUT2D eigenvalue weighted by Crippen LogP contribution is -2.36. The predicted molar refractivity (Wildman–Crippen MR) is 283 cm³/mol. The normalized spacial score (nSPS) is 14.3. The van der Waals surface area contributed by atoms with Crippen molar-refractivity contribution in [2.24, 2.45) is 0 Å². The molecule has 0 atom stereocenters. The van der Waals surface area contributed by atoms with Crippen molar-refractivity contribution in [3.63, 3.8) is 0 Å². The minimum absolute atomic E-state index is 0.140. The lowest BCUT2D eigenvalue weighted by atomic mass is 9.64. The number of thiophene rings is 1. The van der Waals surface area contributed by atoms with Gasteiger partial charge in [0.05, 0.1) is 16.8 Å². The number of benzene rings is 10. The number of nitrogens with zero attached hydrogens (tertiary/aromatic N) is 2. The number of anilines is 6. The molecule has 0 unspecified atom stereocenters. The summed E-state index contributed by atoms with van der Waals surface area (Å²) in [5, 5.41) is 2.64. The molecule has 1 aliphatic heterocycles. The van der Waals surface area contributed by atoms with E-state index in [-0.39, 0.29) is 5.41 Å². The van der Waals surface area contributed by atoms with Crippen LogP contribution in [0, 0.1) is 0 Å². The van der Waals surface area contributed by atoms with Crippen LogP contribution in [0.5, 0.6) is 0 Å². The molecular formula is C64H44N2S. The molecule has 3 heteroatoms. The maximum absolute atomic E-state index is 2.48. The van der Waals surface area contributed by atoms with Gasteiger partial charge in [0.1, 0.15) is 0 Å². The van der Waals surface area contributed by atoms with Crippen molar-refractivity contribution >= 4 is 65.6 Å². The van der Waals surface area contributed by atoms with Gasteiger partial charge in [0.25, 0.3) is 0 Å². The summed E-state index contributed by atoms with van der Waals surface area (Å²) >= 11 is 1.89. The second kappa shape index (κ2) is 14.3. The Morgan fingerprint density at radius 2 is 0.910 bits per heavy atom. The van der Waals surface area contributed by atoms with E-state index in [0.29, 0.717) is 0 Å². The topological polar surface area (TPSA) is 6.48 Å². The molecule has 0 saturated carbocycles. The van der Waals surface area contributed by atoms with Crippen LogP contribution in [0.2, 0.25) is 0 Å². The molecule has 2 heterocycles. The Morgan fingerprint density at radius 3 is 1.67 bits per heavy atom. The van der Waals surface area contributed by atoms with Gasteiger partial charge in [-0.25, -0.2) is 0 Å². The number of rotatable bonds is 5. The Hall–Kier alpha value is -7.98. The van der Waals surface area contributed by atoms with E-state index in [4.69, 9.17) is 0 Å². The van der Waals surface area contributed by atoms with Gasteiger partial charge in [0.2, 0.25) is 0 Å². The van der Waals surface area contributed by atoms with Gasteiger partial charge in [-0.15, -0.1) is 11.3 Å². The Kier molecular flexibility index (Phi) is 8.15. The summed E-state index contributed by atoms with van der Waals surface area (Å²) < 4.78 is 2.65. The fourth-order valence-corrected chi connectivity index (χ4v) is 13.4. The molecular weight excluding hydrogens is 829 g/mol. The zero-order valence-electron chi connectivity index (χ0n) is 37.2. The van der Waals surface area contributed by atoms with Gasteiger partial charge in [0, 0.05) is 48.3 Å². The van der Waals surface area contributed by atoms with Crippen molar-refractivity contribution in [3.8, 4) is 33.4 Å². The van der Waals surface area contributed by atoms with Crippen molar-refractivity contribution in [3.05, 3.63) is 264 Å². The third-order valence-electron chi connectivity index (χ3n) is 15.1. The Labute approximate surface area is 395 Å². The van der Waals surface area contributed by atoms with Crippen molar-refractivity contribution < 1.29 is 0 Å². The molecule has 316 valence electrons. The van der Waals surface area contributed by atoms with E-state index in [2.05, 4.69) is 254 Å². The molecule has 2 aliphatic carbocycles. The SMILES string of the molecule is CC1(C)c2ccccc2-c2ccc(N(c3ccc(-c4cccc5c4sc4ccccc45)cc3)c3ccc4c(c3)-c3ccccc3C43c4ccccc4N(c4ccccc4)c4ccccc43)cc21. The van der Waals surface area contributed by atoms with Crippen LogP contribution in [-0.4, -0.2) is 0 Å². The number of fused-ring (bicyclic) bond motifs is 15. The predicted octanol–water partition coefficient (Wildman–Crippen LogP) is 17.6. The largest absolute Gasteiger partial charge is 0.310 e. The maximum Gasteiger partial charge on any atom is 0.0754 e. The minimum atomic E-state index is -0.521. The number of para-hydroxylation sites is 3. The second-order valence-corrected chi connectivity index (χ2v) is 19.8. The van der Waals surface area contributed by atoms with Gasteiger partial charge in [-0.2, -0.15) is 0 Å². The Balaban J connectivity index is 0.972. The zero-order chi connectivity index (χ0) is 44.4. The maximum atomic E-state index is 2.48. The Bertz CT molecular complexity index is 3760. The molecule has 67 heavy (non-hydrogen) atoms. The van der Waals surface area contributed by atoms with Crippen LogP contribution in [0.15, 0.2) is 231 Å². The Morgan fingerprint density at radius 1 is 0.373 bits per heavy atom. The summed E-state index contributed by atoms with van der Waals surface area (Å²) in [7, 11) is 0. The standard InChI is InChI=1S/C64H44N2S/c1-63(2)53-24-9-6-19-47(53)49-37-35-45(40-58(49)63)65(43-33-31-41(32-34-43)46-22-16-23-51-50-21-8-15-30-61(50)67-62(46)51)44-36-38-55-52(39-44)48-20-7-10-25-54(48)64(55)56-26-11-13-28-59(56)66(42-17-4-3-5-18-42)60-29-14-12-27-57(60)64/h3-40H,1-2H3. The van der Waals surface area contributed by atoms with E-state index in [1.807, 2.05) is 11.3 Å². The molecule has 10 aromatic carbocycles. The summed E-state index contributed by atoms with van der Waals surface area (Å²) in [6.45, 7) is 4.75. The van der Waals surface area contributed by atoms with Crippen LogP contribution in [0.1, 0.15) is 47.2 Å². The molecule has 0 radical (unpaired) electrons. The van der Waals surface area contributed by atoms with E-state index in [0.717, 1.165) is 22.7 Å². The van der Waals surface area contributed by atoms with Crippen molar-refractivity contribution in [2.45, 2.75) is 24.7 Å². The molecule has 0 saturated heterocycles. The van der Waals surface area contributed by atoms with Crippen LogP contribution >= 0.6 is 11.3 Å². The van der Waals surface area contributed by atoms with Gasteiger partial charge in [-0.1, -0.05) is 178 Å². The molecule has 0 amide bonds. The smallest absolute Gasteiger partial charge is 0.0754 e. The van der Waals surface area contributed by atoms with Gasteiger partial charge in [-0.05, 0) is 133 Å². The van der Waals surface area contributed by atoms with Crippen molar-refractivity contribution in [1.29, 1.82) is 0 Å². The molecule has 14 rings (SSSR count). The minimum Gasteiger partial charge on any atom is -0.310 e. The van der Waals surface area contributed by atoms with E-state index in [1.165, 1.54) is 98.3 Å². The highest BCUT2D eigenvalue weighted by molar-refractivity contribution is 7.26. The van der Waals surface area contributed by atoms with Gasteiger partial charge in [0.15, 0.2) is 0 Å². The first kappa shape index (κ1) is 38.3. The fraction of sp³-hybridized carbons (Fsp3) is 0.0625. The van der Waals surface area contributed by atoms with E-state index >= 15 is 0 Å². The van der Waals surface area contributed by atoms with Crippen LogP contribution in [0.3, 0.4) is 0 Å².